The first-order valence-corrected chi connectivity index (χ1v) is 9.89. The second kappa shape index (κ2) is 8.73. The van der Waals surface area contributed by atoms with Crippen molar-refractivity contribution in [3.8, 4) is 5.75 Å². The minimum atomic E-state index is -3.64. The van der Waals surface area contributed by atoms with Crippen molar-refractivity contribution in [1.29, 1.82) is 0 Å². The first-order chi connectivity index (χ1) is 12.3. The Labute approximate surface area is 158 Å². The zero-order valence-corrected chi connectivity index (χ0v) is 15.8. The van der Waals surface area contributed by atoms with Gasteiger partial charge in [0.2, 0.25) is 15.9 Å². The quantitative estimate of drug-likeness (QED) is 0.697. The van der Waals surface area contributed by atoms with Gasteiger partial charge in [0.25, 0.3) is 0 Å². The summed E-state index contributed by atoms with van der Waals surface area (Å²) in [6.07, 6.45) is 2.65. The average Bonchev–Trinajstić information content (AvgIpc) is 2.58. The normalized spacial score (nSPS) is 10.8. The van der Waals surface area contributed by atoms with Crippen LogP contribution in [0.2, 0.25) is 5.02 Å². The zero-order valence-electron chi connectivity index (χ0n) is 14.2. The van der Waals surface area contributed by atoms with E-state index in [1.54, 1.807) is 54.6 Å². The Morgan fingerprint density at radius 1 is 1.27 bits per heavy atom. The highest BCUT2D eigenvalue weighted by atomic mass is 35.5. The van der Waals surface area contributed by atoms with Crippen LogP contribution < -0.4 is 14.4 Å². The summed E-state index contributed by atoms with van der Waals surface area (Å²) < 4.78 is 30.5. The molecule has 2 aromatic rings. The highest BCUT2D eigenvalue weighted by molar-refractivity contribution is 7.92. The smallest absolute Gasteiger partial charge is 0.245 e. The van der Waals surface area contributed by atoms with Crippen LogP contribution in [-0.4, -0.2) is 33.7 Å². The first kappa shape index (κ1) is 19.8. The molecule has 138 valence electrons. The van der Waals surface area contributed by atoms with Crippen LogP contribution in [0.1, 0.15) is 0 Å². The van der Waals surface area contributed by atoms with Gasteiger partial charge in [0.05, 0.1) is 11.9 Å². The Hall–Kier alpha value is -2.51. The number of benzene rings is 2. The molecule has 2 rings (SSSR count). The van der Waals surface area contributed by atoms with Crippen LogP contribution in [0.4, 0.5) is 11.4 Å². The number of halogens is 1. The number of sulfonamides is 1. The van der Waals surface area contributed by atoms with Crippen molar-refractivity contribution in [2.24, 2.45) is 0 Å². The zero-order chi connectivity index (χ0) is 19.2. The lowest BCUT2D eigenvalue weighted by molar-refractivity contribution is -0.114. The van der Waals surface area contributed by atoms with Crippen molar-refractivity contribution in [1.82, 2.24) is 0 Å². The van der Waals surface area contributed by atoms with Crippen LogP contribution in [0.5, 0.6) is 5.75 Å². The molecular formula is C18H19ClN2O4S. The molecule has 2 aromatic carbocycles. The van der Waals surface area contributed by atoms with E-state index in [1.807, 2.05) is 0 Å². The van der Waals surface area contributed by atoms with Crippen LogP contribution in [0, 0.1) is 0 Å². The fraction of sp³-hybridized carbons (Fsp3) is 0.167. The third kappa shape index (κ3) is 5.79. The third-order valence-corrected chi connectivity index (χ3v) is 4.68. The number of rotatable bonds is 8. The van der Waals surface area contributed by atoms with Gasteiger partial charge in [-0.3, -0.25) is 9.10 Å². The van der Waals surface area contributed by atoms with Crippen LogP contribution in [-0.2, 0) is 14.8 Å². The maximum atomic E-state index is 12.3. The molecule has 8 heteroatoms. The van der Waals surface area contributed by atoms with Gasteiger partial charge in [0.1, 0.15) is 18.9 Å². The van der Waals surface area contributed by atoms with Gasteiger partial charge in [-0.2, -0.15) is 0 Å². The van der Waals surface area contributed by atoms with E-state index in [0.717, 1.165) is 10.6 Å². The molecule has 0 bridgehead atoms. The standard InChI is InChI=1S/C18H19ClN2O4S/c1-3-11-25-17-6-4-5-15(12-17)20-18(22)13-21(26(2,23)24)16-9-7-14(19)8-10-16/h3-10,12H,1,11,13H2,2H3,(H,20,22). The number of anilines is 2. The fourth-order valence-electron chi connectivity index (χ4n) is 2.16. The average molecular weight is 395 g/mol. The van der Waals surface area contributed by atoms with Gasteiger partial charge >= 0.3 is 0 Å². The molecule has 0 spiro atoms. The summed E-state index contributed by atoms with van der Waals surface area (Å²) in [7, 11) is -3.64. The molecule has 6 nitrogen and oxygen atoms in total. The van der Waals surface area contributed by atoms with E-state index in [2.05, 4.69) is 11.9 Å². The Morgan fingerprint density at radius 3 is 2.58 bits per heavy atom. The van der Waals surface area contributed by atoms with Crippen molar-refractivity contribution in [3.05, 3.63) is 66.2 Å². The van der Waals surface area contributed by atoms with E-state index in [1.165, 1.54) is 0 Å². The second-order valence-corrected chi connectivity index (χ2v) is 7.76. The number of hydrogen-bond donors (Lipinski definition) is 1. The summed E-state index contributed by atoms with van der Waals surface area (Å²) in [5.41, 5.74) is 0.858. The third-order valence-electron chi connectivity index (χ3n) is 3.29. The maximum Gasteiger partial charge on any atom is 0.245 e. The summed E-state index contributed by atoms with van der Waals surface area (Å²) in [5.74, 6) is 0.0895. The monoisotopic (exact) mass is 394 g/mol. The summed E-state index contributed by atoms with van der Waals surface area (Å²) in [6.45, 7) is 3.55. The Bertz CT molecular complexity index is 882. The van der Waals surface area contributed by atoms with Gasteiger partial charge in [-0.15, -0.1) is 0 Å². The van der Waals surface area contributed by atoms with Crippen LogP contribution >= 0.6 is 11.6 Å². The van der Waals surface area contributed by atoms with E-state index in [0.29, 0.717) is 28.8 Å². The molecule has 0 aliphatic heterocycles. The van der Waals surface area contributed by atoms with E-state index in [-0.39, 0.29) is 6.54 Å². The molecule has 1 amide bonds. The molecule has 0 aromatic heterocycles. The number of ether oxygens (including phenoxy) is 1. The lowest BCUT2D eigenvalue weighted by Crippen LogP contribution is -2.37. The van der Waals surface area contributed by atoms with Crippen molar-refractivity contribution in [2.75, 3.05) is 29.0 Å². The molecule has 0 saturated carbocycles. The highest BCUT2D eigenvalue weighted by Gasteiger charge is 2.21. The molecule has 0 radical (unpaired) electrons. The van der Waals surface area contributed by atoms with Gasteiger partial charge in [0.15, 0.2) is 0 Å². The molecule has 0 unspecified atom stereocenters. The molecular weight excluding hydrogens is 376 g/mol. The first-order valence-electron chi connectivity index (χ1n) is 7.66. The van der Waals surface area contributed by atoms with Crippen molar-refractivity contribution in [2.45, 2.75) is 0 Å². The molecule has 0 aliphatic rings. The SMILES string of the molecule is C=CCOc1cccc(NC(=O)CN(c2ccc(Cl)cc2)S(C)(=O)=O)c1. The number of amides is 1. The number of nitrogens with one attached hydrogen (secondary N) is 1. The van der Waals surface area contributed by atoms with E-state index >= 15 is 0 Å². The lowest BCUT2D eigenvalue weighted by atomic mass is 10.3. The molecule has 0 heterocycles. The van der Waals surface area contributed by atoms with Gasteiger partial charge < -0.3 is 10.1 Å². The Kier molecular flexibility index (Phi) is 6.65. The lowest BCUT2D eigenvalue weighted by Gasteiger charge is -2.22. The molecule has 26 heavy (non-hydrogen) atoms. The summed E-state index contributed by atoms with van der Waals surface area (Å²) in [5, 5.41) is 3.14. The Balaban J connectivity index is 2.13. The number of hydrogen-bond acceptors (Lipinski definition) is 4. The molecule has 0 saturated heterocycles. The minimum absolute atomic E-state index is 0.343. The predicted octanol–water partition coefficient (Wildman–Crippen LogP) is 3.31. The topological polar surface area (TPSA) is 75.7 Å². The number of carbonyl (C=O) groups is 1. The van der Waals surface area contributed by atoms with Crippen molar-refractivity contribution >= 4 is 38.9 Å². The summed E-state index contributed by atoms with van der Waals surface area (Å²) in [4.78, 5) is 12.3. The van der Waals surface area contributed by atoms with Crippen LogP contribution in [0.15, 0.2) is 61.2 Å². The molecule has 0 fully saturated rings. The fourth-order valence-corrected chi connectivity index (χ4v) is 3.14. The largest absolute Gasteiger partial charge is 0.489 e. The van der Waals surface area contributed by atoms with Crippen molar-refractivity contribution in [3.63, 3.8) is 0 Å². The van der Waals surface area contributed by atoms with E-state index in [9.17, 15) is 13.2 Å². The van der Waals surface area contributed by atoms with E-state index in [4.69, 9.17) is 16.3 Å². The van der Waals surface area contributed by atoms with Gasteiger partial charge in [0, 0.05) is 16.8 Å². The van der Waals surface area contributed by atoms with Crippen molar-refractivity contribution < 1.29 is 17.9 Å². The summed E-state index contributed by atoms with van der Waals surface area (Å²) >= 11 is 5.83. The van der Waals surface area contributed by atoms with E-state index < -0.39 is 15.9 Å². The predicted molar refractivity (Wildman–Crippen MR) is 104 cm³/mol. The maximum absolute atomic E-state index is 12.3. The molecule has 0 aliphatic carbocycles. The molecule has 0 atom stereocenters. The summed E-state index contributed by atoms with van der Waals surface area (Å²) in [6, 6.07) is 13.0. The van der Waals surface area contributed by atoms with Gasteiger partial charge in [-0.1, -0.05) is 30.3 Å². The van der Waals surface area contributed by atoms with Gasteiger partial charge in [-0.05, 0) is 36.4 Å². The van der Waals surface area contributed by atoms with Crippen LogP contribution in [0.3, 0.4) is 0 Å². The van der Waals surface area contributed by atoms with Crippen LogP contribution in [0.25, 0.3) is 0 Å². The number of nitrogens with zero attached hydrogens (tertiary/aromatic N) is 1. The van der Waals surface area contributed by atoms with Gasteiger partial charge in [-0.25, -0.2) is 8.42 Å². The minimum Gasteiger partial charge on any atom is -0.489 e. The Morgan fingerprint density at radius 2 is 1.96 bits per heavy atom. The highest BCUT2D eigenvalue weighted by Crippen LogP contribution is 2.21. The number of carbonyl (C=O) groups excluding carboxylic acids is 1. The second-order valence-electron chi connectivity index (χ2n) is 5.42. The molecule has 1 N–H and O–H groups in total.